The molecule has 408 valence electrons. The maximum Gasteiger partial charge on any atom is 0.252 e. The highest BCUT2D eigenvalue weighted by Gasteiger charge is 2.47. The molecule has 0 bridgehead atoms. The summed E-state index contributed by atoms with van der Waals surface area (Å²) in [5.74, 6) is 0. The number of anilines is 9. The Labute approximate surface area is 485 Å². The zero-order chi connectivity index (χ0) is 57.5. The molecule has 0 saturated carbocycles. The third-order valence-electron chi connectivity index (χ3n) is 18.0. The minimum atomic E-state index is -0.345. The molecule has 12 rings (SSSR count). The summed E-state index contributed by atoms with van der Waals surface area (Å²) in [6, 6.07) is 73.3. The highest BCUT2D eigenvalue weighted by Crippen LogP contribution is 2.58. The molecule has 0 radical (unpaired) electrons. The van der Waals surface area contributed by atoms with Crippen LogP contribution in [-0.2, 0) is 32.5 Å². The first kappa shape index (κ1) is 54.1. The van der Waals surface area contributed by atoms with Crippen molar-refractivity contribution in [2.24, 2.45) is 0 Å². The van der Waals surface area contributed by atoms with Gasteiger partial charge in [-0.15, -0.1) is 0 Å². The highest BCUT2D eigenvalue weighted by atomic mass is 15.2. The molecule has 0 aromatic heterocycles. The third kappa shape index (κ3) is 9.22. The molecule has 81 heavy (non-hydrogen) atoms. The Morgan fingerprint density at radius 2 is 0.778 bits per heavy atom. The first-order valence-corrected chi connectivity index (χ1v) is 29.6. The predicted octanol–water partition coefficient (Wildman–Crippen LogP) is 19.7. The standard InChI is InChI=1S/C77H82BN3/c1-72(2,3)51-27-35-56(36-28-51)79(57-37-29-52(30-38-57)73(4,5)6)59-47-61-60-25-21-22-26-62(60)77(16,17)70(61)67(48-59)81-66-42-34-55(76(13,14)15)46-64(66)78-63-45-54(75(10,11)12)33-41-65(63)80(58-39-31-53(32-40-58)74(7,8)9)68-43-50(44-69(81)71(68)78)49-23-19-18-20-24-49/h18-48H,1-17H3. The van der Waals surface area contributed by atoms with Gasteiger partial charge < -0.3 is 14.7 Å². The molecule has 0 spiro atoms. The maximum absolute atomic E-state index is 2.71. The molecule has 3 aliphatic rings. The monoisotopic (exact) mass is 1060 g/mol. The van der Waals surface area contributed by atoms with E-state index in [2.05, 4.69) is 320 Å². The second-order valence-electron chi connectivity index (χ2n) is 29.2. The number of rotatable bonds is 6. The normalized spacial score (nSPS) is 14.5. The van der Waals surface area contributed by atoms with Crippen LogP contribution in [0.15, 0.2) is 188 Å². The zero-order valence-electron chi connectivity index (χ0n) is 51.3. The minimum absolute atomic E-state index is 0.00776. The SMILES string of the molecule is CC(C)(C)c1ccc(N(c2ccc(C(C)(C)C)cc2)c2cc3c(c(N4c5ccc(C(C)(C)C)cc5B5c6cc(C(C)(C)C)ccc6N(c6ccc(C(C)(C)C)cc6)c6cc(-c7ccccc7)cc4c65)c2)C(C)(C)c2ccccc2-3)cc1. The van der Waals surface area contributed by atoms with Crippen LogP contribution in [0.2, 0.25) is 0 Å². The summed E-state index contributed by atoms with van der Waals surface area (Å²) in [6.07, 6.45) is 0. The largest absolute Gasteiger partial charge is 0.311 e. The molecule has 9 aromatic rings. The Morgan fingerprint density at radius 1 is 0.346 bits per heavy atom. The van der Waals surface area contributed by atoms with Gasteiger partial charge in [0.15, 0.2) is 0 Å². The van der Waals surface area contributed by atoms with Crippen LogP contribution >= 0.6 is 0 Å². The van der Waals surface area contributed by atoms with Crippen LogP contribution in [0, 0.1) is 0 Å². The van der Waals surface area contributed by atoms with E-state index in [-0.39, 0.29) is 39.2 Å². The van der Waals surface area contributed by atoms with Crippen LogP contribution in [0.1, 0.15) is 157 Å². The van der Waals surface area contributed by atoms with E-state index in [9.17, 15) is 0 Å². The predicted molar refractivity (Wildman–Crippen MR) is 352 cm³/mol. The molecule has 0 saturated heterocycles. The molecule has 0 unspecified atom stereocenters. The molecule has 3 nitrogen and oxygen atoms in total. The van der Waals surface area contributed by atoms with Crippen molar-refractivity contribution in [2.75, 3.05) is 14.7 Å². The van der Waals surface area contributed by atoms with Gasteiger partial charge in [-0.2, -0.15) is 0 Å². The van der Waals surface area contributed by atoms with Crippen LogP contribution in [0.5, 0.6) is 0 Å². The van der Waals surface area contributed by atoms with Gasteiger partial charge in [-0.25, -0.2) is 0 Å². The second-order valence-corrected chi connectivity index (χ2v) is 29.2. The smallest absolute Gasteiger partial charge is 0.252 e. The van der Waals surface area contributed by atoms with Crippen molar-refractivity contribution < 1.29 is 0 Å². The molecule has 0 atom stereocenters. The van der Waals surface area contributed by atoms with Crippen molar-refractivity contribution in [3.63, 3.8) is 0 Å². The number of fused-ring (bicyclic) bond motifs is 7. The van der Waals surface area contributed by atoms with Crippen LogP contribution in [0.25, 0.3) is 22.3 Å². The third-order valence-corrected chi connectivity index (χ3v) is 18.0. The number of hydrogen-bond donors (Lipinski definition) is 0. The fourth-order valence-corrected chi connectivity index (χ4v) is 13.2. The van der Waals surface area contributed by atoms with Gasteiger partial charge in [-0.05, 0) is 177 Å². The van der Waals surface area contributed by atoms with Crippen molar-refractivity contribution in [3.8, 4) is 22.3 Å². The number of nitrogens with zero attached hydrogens (tertiary/aromatic N) is 3. The molecule has 0 amide bonds. The average Bonchev–Trinajstić information content (AvgIpc) is 2.07. The van der Waals surface area contributed by atoms with Crippen molar-refractivity contribution in [1.82, 2.24) is 0 Å². The molecule has 2 aliphatic heterocycles. The zero-order valence-corrected chi connectivity index (χ0v) is 51.3. The average molecular weight is 1060 g/mol. The van der Waals surface area contributed by atoms with Crippen molar-refractivity contribution >= 4 is 74.3 Å². The second kappa shape index (κ2) is 18.7. The molecule has 9 aromatic carbocycles. The summed E-state index contributed by atoms with van der Waals surface area (Å²) in [5, 5.41) is 0. The summed E-state index contributed by atoms with van der Waals surface area (Å²) >= 11 is 0. The first-order chi connectivity index (χ1) is 38.1. The van der Waals surface area contributed by atoms with Gasteiger partial charge in [0.1, 0.15) is 0 Å². The van der Waals surface area contributed by atoms with E-state index in [1.807, 2.05) is 0 Å². The van der Waals surface area contributed by atoms with Crippen LogP contribution in [-0.4, -0.2) is 6.71 Å². The van der Waals surface area contributed by atoms with Crippen LogP contribution in [0.4, 0.5) is 51.2 Å². The highest BCUT2D eigenvalue weighted by molar-refractivity contribution is 7.00. The Balaban J connectivity index is 1.22. The minimum Gasteiger partial charge on any atom is -0.311 e. The Bertz CT molecular complexity index is 3850. The molecular formula is C77H82BN3. The lowest BCUT2D eigenvalue weighted by atomic mass is 9.33. The van der Waals surface area contributed by atoms with E-state index in [0.717, 1.165) is 22.7 Å². The molecule has 1 aliphatic carbocycles. The number of hydrogen-bond acceptors (Lipinski definition) is 3. The Morgan fingerprint density at radius 3 is 1.27 bits per heavy atom. The lowest BCUT2D eigenvalue weighted by Crippen LogP contribution is -2.61. The quantitative estimate of drug-likeness (QED) is 0.154. The lowest BCUT2D eigenvalue weighted by Gasteiger charge is -2.46. The van der Waals surface area contributed by atoms with Gasteiger partial charge in [0, 0.05) is 50.9 Å². The van der Waals surface area contributed by atoms with E-state index >= 15 is 0 Å². The lowest BCUT2D eigenvalue weighted by molar-refractivity contribution is 0.590. The van der Waals surface area contributed by atoms with E-state index in [4.69, 9.17) is 0 Å². The van der Waals surface area contributed by atoms with Gasteiger partial charge in [0.05, 0.1) is 5.69 Å². The van der Waals surface area contributed by atoms with E-state index in [1.54, 1.807) is 0 Å². The first-order valence-electron chi connectivity index (χ1n) is 29.6. The molecule has 0 fully saturated rings. The van der Waals surface area contributed by atoms with Gasteiger partial charge >= 0.3 is 0 Å². The van der Waals surface area contributed by atoms with Gasteiger partial charge in [0.2, 0.25) is 0 Å². The summed E-state index contributed by atoms with van der Waals surface area (Å²) in [4.78, 5) is 7.82. The maximum atomic E-state index is 2.71. The van der Waals surface area contributed by atoms with Crippen molar-refractivity contribution in [2.45, 2.75) is 150 Å². The molecule has 2 heterocycles. The molecular weight excluding hydrogens is 978 g/mol. The van der Waals surface area contributed by atoms with Crippen molar-refractivity contribution in [3.05, 3.63) is 227 Å². The van der Waals surface area contributed by atoms with Gasteiger partial charge in [0.25, 0.3) is 6.71 Å². The Hall–Kier alpha value is -7.56. The fourth-order valence-electron chi connectivity index (χ4n) is 13.2. The summed E-state index contributed by atoms with van der Waals surface area (Å²) in [7, 11) is 0. The van der Waals surface area contributed by atoms with Gasteiger partial charge in [-0.1, -0.05) is 233 Å². The van der Waals surface area contributed by atoms with Crippen LogP contribution in [0.3, 0.4) is 0 Å². The van der Waals surface area contributed by atoms with E-state index in [0.29, 0.717) is 0 Å². The summed E-state index contributed by atoms with van der Waals surface area (Å²) in [6.45, 7) is 39.8. The molecule has 0 N–H and O–H groups in total. The van der Waals surface area contributed by atoms with Crippen molar-refractivity contribution in [1.29, 1.82) is 0 Å². The van der Waals surface area contributed by atoms with E-state index in [1.165, 1.54) is 106 Å². The summed E-state index contributed by atoms with van der Waals surface area (Å²) < 4.78 is 0. The molecule has 4 heteroatoms. The summed E-state index contributed by atoms with van der Waals surface area (Å²) in [5.41, 5.74) is 28.3. The fraction of sp³-hybridized carbons (Fsp3) is 0.299. The topological polar surface area (TPSA) is 9.72 Å². The van der Waals surface area contributed by atoms with Crippen LogP contribution < -0.4 is 31.1 Å². The Kier molecular flexibility index (Phi) is 12.5. The van der Waals surface area contributed by atoms with Gasteiger partial charge in [-0.3, -0.25) is 0 Å². The number of benzene rings is 9. The van der Waals surface area contributed by atoms with E-state index < -0.39 is 0 Å².